The molecular weight excluding hydrogens is 586 g/mol. The van der Waals surface area contributed by atoms with Crippen molar-refractivity contribution >= 4 is 34.8 Å². The zero-order chi connectivity index (χ0) is 31.3. The highest BCUT2D eigenvalue weighted by atomic mass is 32.1. The molecule has 6 rings (SSSR count). The Labute approximate surface area is 262 Å². The second-order valence-corrected chi connectivity index (χ2v) is 11.0. The van der Waals surface area contributed by atoms with Gasteiger partial charge in [0.1, 0.15) is 33.5 Å². The minimum Gasteiger partial charge on any atom is -0.463 e. The van der Waals surface area contributed by atoms with Crippen molar-refractivity contribution in [1.82, 2.24) is 4.57 Å². The van der Waals surface area contributed by atoms with Gasteiger partial charge in [0.25, 0.3) is 5.56 Å². The quantitative estimate of drug-likeness (QED) is 0.230. The molecule has 9 heteroatoms. The SMILES string of the molecule is CCOC(=O)C1=c2s/c(=C\c3ccccc3Oc3ccccc3)c(=O)n2C(N)=C(C#N)[C@H]1c1cccc(Oc2ccccc2)c1. The van der Waals surface area contributed by atoms with Gasteiger partial charge in [-0.1, -0.05) is 66.7 Å². The van der Waals surface area contributed by atoms with Crippen molar-refractivity contribution in [2.75, 3.05) is 6.61 Å². The number of thiazole rings is 1. The lowest BCUT2D eigenvalue weighted by molar-refractivity contribution is -0.136. The largest absolute Gasteiger partial charge is 0.463 e. The van der Waals surface area contributed by atoms with Crippen LogP contribution in [0.15, 0.2) is 120 Å². The Hall–Kier alpha value is -5.85. The molecule has 0 bridgehead atoms. The van der Waals surface area contributed by atoms with Gasteiger partial charge in [0.15, 0.2) is 0 Å². The highest BCUT2D eigenvalue weighted by Gasteiger charge is 2.36. The molecular formula is C36H27N3O5S. The normalized spacial score (nSPS) is 14.4. The van der Waals surface area contributed by atoms with E-state index in [1.54, 1.807) is 37.3 Å². The van der Waals surface area contributed by atoms with E-state index >= 15 is 0 Å². The molecule has 1 aliphatic heterocycles. The lowest BCUT2D eigenvalue weighted by atomic mass is 9.84. The van der Waals surface area contributed by atoms with Gasteiger partial charge in [0, 0.05) is 5.56 Å². The van der Waals surface area contributed by atoms with Crippen LogP contribution in [0.1, 0.15) is 24.0 Å². The zero-order valence-electron chi connectivity index (χ0n) is 24.2. The molecule has 45 heavy (non-hydrogen) atoms. The number of benzene rings is 4. The summed E-state index contributed by atoms with van der Waals surface area (Å²) >= 11 is 1.10. The number of para-hydroxylation sites is 3. The van der Waals surface area contributed by atoms with E-state index in [0.717, 1.165) is 11.3 Å². The Balaban J connectivity index is 1.54. The third-order valence-corrected chi connectivity index (χ3v) is 8.22. The minimum absolute atomic E-state index is 0.0466. The second kappa shape index (κ2) is 12.8. The topological polar surface area (TPSA) is 117 Å². The van der Waals surface area contributed by atoms with Gasteiger partial charge in [-0.25, -0.2) is 4.79 Å². The number of carbonyl (C=O) groups is 1. The first kappa shape index (κ1) is 29.2. The fourth-order valence-corrected chi connectivity index (χ4v) is 6.27. The minimum atomic E-state index is -0.895. The highest BCUT2D eigenvalue weighted by Crippen LogP contribution is 2.38. The fourth-order valence-electron chi connectivity index (χ4n) is 5.12. The highest BCUT2D eigenvalue weighted by molar-refractivity contribution is 7.07. The van der Waals surface area contributed by atoms with Crippen molar-refractivity contribution in [1.29, 1.82) is 5.26 Å². The summed E-state index contributed by atoms with van der Waals surface area (Å²) in [7, 11) is 0. The van der Waals surface area contributed by atoms with Crippen LogP contribution in [0.2, 0.25) is 0 Å². The lowest BCUT2D eigenvalue weighted by Crippen LogP contribution is -2.40. The molecule has 1 aliphatic rings. The van der Waals surface area contributed by atoms with Crippen molar-refractivity contribution < 1.29 is 19.0 Å². The standard InChI is InChI=1S/C36H27N3O5S/c1-2-42-36(41)32-31(24-13-11-18-27(20-24)43-25-14-5-3-6-15-25)28(22-37)33(38)39-34(40)30(45-35(32)39)21-23-12-9-10-19-29(23)44-26-16-7-4-8-17-26/h3-21,31H,2,38H2,1H3/b30-21-/t31-/m1/s1. The molecule has 0 fully saturated rings. The van der Waals surface area contributed by atoms with E-state index in [4.69, 9.17) is 19.9 Å². The summed E-state index contributed by atoms with van der Waals surface area (Å²) in [5, 5.41) is 10.3. The molecule has 0 spiro atoms. The summed E-state index contributed by atoms with van der Waals surface area (Å²) in [5.74, 6) is 0.742. The number of ether oxygens (including phenoxy) is 3. The van der Waals surface area contributed by atoms with Gasteiger partial charge in [0.2, 0.25) is 0 Å². The van der Waals surface area contributed by atoms with E-state index in [2.05, 4.69) is 6.07 Å². The molecule has 0 saturated carbocycles. The Bertz CT molecular complexity index is 2140. The summed E-state index contributed by atoms with van der Waals surface area (Å²) in [4.78, 5) is 27.5. The number of nitriles is 1. The molecule has 0 saturated heterocycles. The van der Waals surface area contributed by atoms with Crippen molar-refractivity contribution in [2.45, 2.75) is 12.8 Å². The molecule has 8 nitrogen and oxygen atoms in total. The molecule has 0 amide bonds. The van der Waals surface area contributed by atoms with E-state index in [1.165, 1.54) is 4.57 Å². The molecule has 1 atom stereocenters. The van der Waals surface area contributed by atoms with Crippen molar-refractivity contribution in [3.8, 4) is 29.1 Å². The number of rotatable bonds is 8. The Kier molecular flexibility index (Phi) is 8.31. The van der Waals surface area contributed by atoms with Crippen LogP contribution in [0.4, 0.5) is 0 Å². The van der Waals surface area contributed by atoms with Gasteiger partial charge >= 0.3 is 5.97 Å². The maximum Gasteiger partial charge on any atom is 0.338 e. The Morgan fingerprint density at radius 1 is 0.911 bits per heavy atom. The number of nitrogens with zero attached hydrogens (tertiary/aromatic N) is 2. The zero-order valence-corrected chi connectivity index (χ0v) is 25.0. The molecule has 2 heterocycles. The number of fused-ring (bicyclic) bond motifs is 1. The molecule has 1 aromatic heterocycles. The van der Waals surface area contributed by atoms with Crippen LogP contribution < -0.4 is 30.0 Å². The van der Waals surface area contributed by atoms with Crippen LogP contribution in [0.3, 0.4) is 0 Å². The predicted molar refractivity (Wildman–Crippen MR) is 173 cm³/mol. The number of carbonyl (C=O) groups excluding carboxylic acids is 1. The third-order valence-electron chi connectivity index (χ3n) is 7.11. The molecule has 2 N–H and O–H groups in total. The third kappa shape index (κ3) is 5.87. The Morgan fingerprint density at radius 2 is 1.56 bits per heavy atom. The number of hydrogen-bond acceptors (Lipinski definition) is 8. The van der Waals surface area contributed by atoms with Crippen molar-refractivity contribution in [3.63, 3.8) is 0 Å². The number of esters is 1. The van der Waals surface area contributed by atoms with Crippen LogP contribution in [0.25, 0.3) is 17.5 Å². The first-order valence-electron chi connectivity index (χ1n) is 14.2. The van der Waals surface area contributed by atoms with Gasteiger partial charge in [-0.15, -0.1) is 11.3 Å². The van der Waals surface area contributed by atoms with Gasteiger partial charge in [-0.3, -0.25) is 9.36 Å². The maximum absolute atomic E-state index is 13.9. The monoisotopic (exact) mass is 613 g/mol. The average molecular weight is 614 g/mol. The maximum atomic E-state index is 13.9. The fraction of sp³-hybridized carbons (Fsp3) is 0.0833. The lowest BCUT2D eigenvalue weighted by Gasteiger charge is -2.25. The molecule has 5 aromatic rings. The summed E-state index contributed by atoms with van der Waals surface area (Å²) in [6, 6.07) is 35.2. The molecule has 222 valence electrons. The number of hydrogen-bond donors (Lipinski definition) is 1. The predicted octanol–water partition coefficient (Wildman–Crippen LogP) is 5.49. The van der Waals surface area contributed by atoms with Gasteiger partial charge in [-0.05, 0) is 61.0 Å². The van der Waals surface area contributed by atoms with Crippen molar-refractivity contribution in [2.24, 2.45) is 5.73 Å². The van der Waals surface area contributed by atoms with Crippen LogP contribution in [-0.4, -0.2) is 17.1 Å². The summed E-state index contributed by atoms with van der Waals surface area (Å²) in [6.07, 6.45) is 1.70. The van der Waals surface area contributed by atoms with Crippen LogP contribution in [0, 0.1) is 11.3 Å². The number of aromatic nitrogens is 1. The molecule has 0 radical (unpaired) electrons. The van der Waals surface area contributed by atoms with Gasteiger partial charge < -0.3 is 19.9 Å². The van der Waals surface area contributed by atoms with E-state index in [-0.39, 0.29) is 23.6 Å². The van der Waals surface area contributed by atoms with E-state index in [9.17, 15) is 14.9 Å². The van der Waals surface area contributed by atoms with Crippen LogP contribution >= 0.6 is 11.3 Å². The summed E-state index contributed by atoms with van der Waals surface area (Å²) in [5.41, 5.74) is 7.54. The van der Waals surface area contributed by atoms with Gasteiger partial charge in [0.05, 0.1) is 34.3 Å². The van der Waals surface area contributed by atoms with E-state index < -0.39 is 17.4 Å². The number of nitrogens with two attached hydrogens (primary N) is 1. The summed E-state index contributed by atoms with van der Waals surface area (Å²) < 4.78 is 19.4. The molecule has 0 unspecified atom stereocenters. The van der Waals surface area contributed by atoms with Gasteiger partial charge in [-0.2, -0.15) is 5.26 Å². The summed E-state index contributed by atoms with van der Waals surface area (Å²) in [6.45, 7) is 1.80. The Morgan fingerprint density at radius 3 is 2.24 bits per heavy atom. The first-order valence-corrected chi connectivity index (χ1v) is 15.0. The average Bonchev–Trinajstić information content (AvgIpc) is 3.38. The number of allylic oxidation sites excluding steroid dienone is 1. The van der Waals surface area contributed by atoms with Crippen molar-refractivity contribution in [3.05, 3.63) is 145 Å². The van der Waals surface area contributed by atoms with Crippen LogP contribution in [-0.2, 0) is 9.53 Å². The van der Waals surface area contributed by atoms with Crippen LogP contribution in [0.5, 0.6) is 23.0 Å². The second-order valence-electron chi connectivity index (χ2n) is 9.97. The first-order chi connectivity index (χ1) is 22.0. The van der Waals surface area contributed by atoms with E-state index in [1.807, 2.05) is 84.9 Å². The molecule has 4 aromatic carbocycles. The molecule has 0 aliphatic carbocycles. The van der Waals surface area contributed by atoms with E-state index in [0.29, 0.717) is 43.3 Å². The smallest absolute Gasteiger partial charge is 0.338 e.